The van der Waals surface area contributed by atoms with Gasteiger partial charge in [0.1, 0.15) is 0 Å². The molecule has 92 valence electrons. The van der Waals surface area contributed by atoms with Crippen LogP contribution in [0, 0.1) is 5.41 Å². The standard InChI is InChI=1S/C13H19N3O/c14-13(15)8-12(10-4-2-1-3-5-10)16-7-6-11(17)9-16/h1-5,11-12,17H,6-9H2,(H3,14,15). The van der Waals surface area contributed by atoms with E-state index in [0.29, 0.717) is 13.0 Å². The molecule has 0 amide bonds. The Hall–Kier alpha value is -1.39. The highest BCUT2D eigenvalue weighted by Crippen LogP contribution is 2.27. The van der Waals surface area contributed by atoms with Gasteiger partial charge in [0, 0.05) is 25.6 Å². The fourth-order valence-electron chi connectivity index (χ4n) is 2.39. The lowest BCUT2D eigenvalue weighted by Crippen LogP contribution is -2.30. The van der Waals surface area contributed by atoms with E-state index in [1.807, 2.05) is 18.2 Å². The van der Waals surface area contributed by atoms with Gasteiger partial charge in [-0.15, -0.1) is 0 Å². The van der Waals surface area contributed by atoms with Crippen LogP contribution in [0.4, 0.5) is 0 Å². The van der Waals surface area contributed by atoms with Gasteiger partial charge in [-0.05, 0) is 12.0 Å². The molecule has 4 heteroatoms. The Morgan fingerprint density at radius 2 is 2.18 bits per heavy atom. The van der Waals surface area contributed by atoms with E-state index >= 15 is 0 Å². The predicted octanol–water partition coefficient (Wildman–Crippen LogP) is 1.12. The molecule has 4 N–H and O–H groups in total. The number of aliphatic hydroxyl groups is 1. The highest BCUT2D eigenvalue weighted by Gasteiger charge is 2.28. The van der Waals surface area contributed by atoms with Crippen molar-refractivity contribution in [2.24, 2.45) is 5.73 Å². The summed E-state index contributed by atoms with van der Waals surface area (Å²) in [7, 11) is 0. The Labute approximate surface area is 102 Å². The van der Waals surface area contributed by atoms with Crippen LogP contribution in [0.1, 0.15) is 24.4 Å². The van der Waals surface area contributed by atoms with E-state index < -0.39 is 0 Å². The Morgan fingerprint density at radius 1 is 1.47 bits per heavy atom. The highest BCUT2D eigenvalue weighted by molar-refractivity contribution is 5.77. The molecule has 0 spiro atoms. The third-order valence-electron chi connectivity index (χ3n) is 3.23. The largest absolute Gasteiger partial charge is 0.392 e. The van der Waals surface area contributed by atoms with Gasteiger partial charge in [-0.3, -0.25) is 10.3 Å². The van der Waals surface area contributed by atoms with Crippen LogP contribution >= 0.6 is 0 Å². The van der Waals surface area contributed by atoms with Crippen molar-refractivity contribution in [3.8, 4) is 0 Å². The van der Waals surface area contributed by atoms with E-state index in [1.54, 1.807) is 0 Å². The number of nitrogens with one attached hydrogen (secondary N) is 1. The Bertz CT molecular complexity index is 380. The number of hydrogen-bond donors (Lipinski definition) is 3. The first kappa shape index (κ1) is 12.1. The topological polar surface area (TPSA) is 73.3 Å². The molecule has 1 heterocycles. The first-order valence-electron chi connectivity index (χ1n) is 5.97. The first-order chi connectivity index (χ1) is 8.16. The molecule has 1 aliphatic rings. The van der Waals surface area contributed by atoms with Gasteiger partial charge >= 0.3 is 0 Å². The highest BCUT2D eigenvalue weighted by atomic mass is 16.3. The van der Waals surface area contributed by atoms with Crippen molar-refractivity contribution >= 4 is 5.84 Å². The lowest BCUT2D eigenvalue weighted by Gasteiger charge is -2.27. The van der Waals surface area contributed by atoms with E-state index in [4.69, 9.17) is 11.1 Å². The summed E-state index contributed by atoms with van der Waals surface area (Å²) in [5.74, 6) is 0.195. The molecule has 0 aromatic heterocycles. The Balaban J connectivity index is 2.16. The third kappa shape index (κ3) is 3.05. The van der Waals surface area contributed by atoms with Crippen LogP contribution < -0.4 is 5.73 Å². The minimum atomic E-state index is -0.242. The molecule has 17 heavy (non-hydrogen) atoms. The molecule has 0 bridgehead atoms. The normalized spacial score (nSPS) is 22.5. The minimum absolute atomic E-state index is 0.117. The summed E-state index contributed by atoms with van der Waals surface area (Å²) in [6.45, 7) is 1.54. The Kier molecular flexibility index (Phi) is 3.76. The molecule has 2 unspecified atom stereocenters. The van der Waals surface area contributed by atoms with Crippen molar-refractivity contribution in [2.45, 2.75) is 25.0 Å². The molecule has 4 nitrogen and oxygen atoms in total. The van der Waals surface area contributed by atoms with Crippen LogP contribution in [0.2, 0.25) is 0 Å². The zero-order valence-electron chi connectivity index (χ0n) is 9.84. The summed E-state index contributed by atoms with van der Waals surface area (Å²) in [6, 6.07) is 10.2. The van der Waals surface area contributed by atoms with Crippen molar-refractivity contribution in [2.75, 3.05) is 13.1 Å². The molecular weight excluding hydrogens is 214 g/mol. The second-order valence-corrected chi connectivity index (χ2v) is 4.59. The van der Waals surface area contributed by atoms with Crippen LogP contribution in [0.3, 0.4) is 0 Å². The Morgan fingerprint density at radius 3 is 2.71 bits per heavy atom. The number of amidine groups is 1. The molecule has 0 radical (unpaired) electrons. The van der Waals surface area contributed by atoms with Crippen molar-refractivity contribution in [1.29, 1.82) is 5.41 Å². The maximum atomic E-state index is 9.60. The zero-order valence-corrected chi connectivity index (χ0v) is 9.84. The third-order valence-corrected chi connectivity index (χ3v) is 3.23. The van der Waals surface area contributed by atoms with Crippen LogP contribution in [0.5, 0.6) is 0 Å². The maximum Gasteiger partial charge on any atom is 0.0924 e. The van der Waals surface area contributed by atoms with Crippen LogP contribution in [-0.4, -0.2) is 35.0 Å². The first-order valence-corrected chi connectivity index (χ1v) is 5.97. The molecule has 1 aromatic carbocycles. The van der Waals surface area contributed by atoms with E-state index in [0.717, 1.165) is 18.5 Å². The van der Waals surface area contributed by atoms with Gasteiger partial charge in [-0.25, -0.2) is 0 Å². The lowest BCUT2D eigenvalue weighted by molar-refractivity contribution is 0.160. The van der Waals surface area contributed by atoms with Gasteiger partial charge in [0.25, 0.3) is 0 Å². The molecule has 2 rings (SSSR count). The predicted molar refractivity (Wildman–Crippen MR) is 67.9 cm³/mol. The summed E-state index contributed by atoms with van der Waals surface area (Å²) in [5, 5.41) is 17.1. The van der Waals surface area contributed by atoms with Crippen LogP contribution in [0.25, 0.3) is 0 Å². The fraction of sp³-hybridized carbons (Fsp3) is 0.462. The van der Waals surface area contributed by atoms with Gasteiger partial charge in [0.2, 0.25) is 0 Å². The van der Waals surface area contributed by atoms with Crippen LogP contribution in [0.15, 0.2) is 30.3 Å². The fourth-order valence-corrected chi connectivity index (χ4v) is 2.39. The molecule has 0 saturated carbocycles. The average molecular weight is 233 g/mol. The van der Waals surface area contributed by atoms with Gasteiger partial charge in [-0.2, -0.15) is 0 Å². The number of nitrogens with zero attached hydrogens (tertiary/aromatic N) is 1. The second-order valence-electron chi connectivity index (χ2n) is 4.59. The van der Waals surface area contributed by atoms with Gasteiger partial charge in [0.15, 0.2) is 0 Å². The van der Waals surface area contributed by atoms with E-state index in [2.05, 4.69) is 17.0 Å². The molecule has 1 aromatic rings. The van der Waals surface area contributed by atoms with Gasteiger partial charge in [0.05, 0.1) is 11.9 Å². The summed E-state index contributed by atoms with van der Waals surface area (Å²) in [6.07, 6.45) is 1.09. The molecule has 1 saturated heterocycles. The number of hydrogen-bond acceptors (Lipinski definition) is 3. The van der Waals surface area contributed by atoms with Crippen LogP contribution in [-0.2, 0) is 0 Å². The van der Waals surface area contributed by atoms with Gasteiger partial charge < -0.3 is 10.8 Å². The molecule has 1 aliphatic heterocycles. The average Bonchev–Trinajstić information content (AvgIpc) is 2.73. The minimum Gasteiger partial charge on any atom is -0.392 e. The van der Waals surface area contributed by atoms with Crippen molar-refractivity contribution in [3.05, 3.63) is 35.9 Å². The second kappa shape index (κ2) is 5.29. The monoisotopic (exact) mass is 233 g/mol. The van der Waals surface area contributed by atoms with E-state index in [9.17, 15) is 5.11 Å². The van der Waals surface area contributed by atoms with E-state index in [-0.39, 0.29) is 18.0 Å². The molecular formula is C13H19N3O. The number of aliphatic hydroxyl groups excluding tert-OH is 1. The van der Waals surface area contributed by atoms with Crippen molar-refractivity contribution in [1.82, 2.24) is 4.90 Å². The number of β-amino-alcohol motifs (C(OH)–C–C–N with tert-alkyl or cyclic N) is 1. The summed E-state index contributed by atoms with van der Waals surface area (Å²) in [4.78, 5) is 2.21. The molecule has 2 atom stereocenters. The lowest BCUT2D eigenvalue weighted by atomic mass is 10.0. The quantitative estimate of drug-likeness (QED) is 0.539. The summed E-state index contributed by atoms with van der Waals surface area (Å²) >= 11 is 0. The summed E-state index contributed by atoms with van der Waals surface area (Å²) < 4.78 is 0. The van der Waals surface area contributed by atoms with Crippen molar-refractivity contribution < 1.29 is 5.11 Å². The van der Waals surface area contributed by atoms with E-state index in [1.165, 1.54) is 0 Å². The SMILES string of the molecule is N=C(N)CC(c1ccccc1)N1CCC(O)C1. The molecule has 0 aliphatic carbocycles. The maximum absolute atomic E-state index is 9.60. The van der Waals surface area contributed by atoms with Crippen molar-refractivity contribution in [3.63, 3.8) is 0 Å². The number of benzene rings is 1. The number of likely N-dealkylation sites (tertiary alicyclic amines) is 1. The summed E-state index contributed by atoms with van der Waals surface area (Å²) in [5.41, 5.74) is 6.69. The smallest absolute Gasteiger partial charge is 0.0924 e. The zero-order chi connectivity index (χ0) is 12.3. The number of nitrogens with two attached hydrogens (primary N) is 1. The van der Waals surface area contributed by atoms with Gasteiger partial charge in [-0.1, -0.05) is 30.3 Å². The molecule has 1 fully saturated rings. The number of rotatable bonds is 4.